The van der Waals surface area contributed by atoms with E-state index in [2.05, 4.69) is 21.3 Å². The quantitative estimate of drug-likeness (QED) is 0.865. The molecule has 1 amide bonds. The second-order valence-corrected chi connectivity index (χ2v) is 6.04. The van der Waals surface area contributed by atoms with Crippen molar-refractivity contribution < 1.29 is 14.3 Å². The van der Waals surface area contributed by atoms with Crippen LogP contribution in [0.4, 0.5) is 0 Å². The number of carbonyl (C=O) groups excluding carboxylic acids is 1. The molecule has 6 heteroatoms. The highest BCUT2D eigenvalue weighted by molar-refractivity contribution is 5.95. The highest BCUT2D eigenvalue weighted by Gasteiger charge is 2.15. The fourth-order valence-corrected chi connectivity index (χ4v) is 2.86. The molecule has 0 aliphatic carbocycles. The van der Waals surface area contributed by atoms with Gasteiger partial charge in [-0.1, -0.05) is 12.1 Å². The Balaban J connectivity index is 1.57. The van der Waals surface area contributed by atoms with Crippen LogP contribution in [-0.4, -0.2) is 49.8 Å². The number of nitrogens with zero attached hydrogens (tertiary/aromatic N) is 2. The lowest BCUT2D eigenvalue weighted by atomic mass is 10.0. The number of benzene rings is 1. The number of ether oxygens (including phenoxy) is 2. The molecule has 6 nitrogen and oxygen atoms in total. The summed E-state index contributed by atoms with van der Waals surface area (Å²) in [5.74, 6) is 1.03. The molecule has 1 aliphatic heterocycles. The van der Waals surface area contributed by atoms with E-state index in [9.17, 15) is 4.79 Å². The van der Waals surface area contributed by atoms with Gasteiger partial charge in [-0.15, -0.1) is 0 Å². The average Bonchev–Trinajstić information content (AvgIpc) is 2.72. The van der Waals surface area contributed by atoms with Crippen LogP contribution in [-0.2, 0) is 0 Å². The van der Waals surface area contributed by atoms with Gasteiger partial charge in [-0.05, 0) is 36.3 Å². The summed E-state index contributed by atoms with van der Waals surface area (Å²) in [5, 5.41) is 2.96. The second kappa shape index (κ2) is 8.49. The number of carbonyl (C=O) groups is 1. The van der Waals surface area contributed by atoms with Gasteiger partial charge in [0.25, 0.3) is 5.91 Å². The molecular formula is C20H23N3O3. The Morgan fingerprint density at radius 1 is 1.19 bits per heavy atom. The maximum absolute atomic E-state index is 12.4. The molecule has 0 fully saturated rings. The lowest BCUT2D eigenvalue weighted by molar-refractivity contribution is 0.0925. The van der Waals surface area contributed by atoms with Crippen LogP contribution in [0.5, 0.6) is 11.5 Å². The van der Waals surface area contributed by atoms with E-state index in [-0.39, 0.29) is 5.91 Å². The van der Waals surface area contributed by atoms with Crippen LogP contribution in [0.1, 0.15) is 22.5 Å². The van der Waals surface area contributed by atoms with Crippen molar-refractivity contribution in [1.82, 2.24) is 15.2 Å². The van der Waals surface area contributed by atoms with Gasteiger partial charge in [0.05, 0.1) is 26.6 Å². The molecule has 0 atom stereocenters. The van der Waals surface area contributed by atoms with Gasteiger partial charge in [0.2, 0.25) is 0 Å². The van der Waals surface area contributed by atoms with Gasteiger partial charge >= 0.3 is 0 Å². The minimum atomic E-state index is -0.151. The van der Waals surface area contributed by atoms with Gasteiger partial charge in [0.15, 0.2) is 0 Å². The van der Waals surface area contributed by atoms with Gasteiger partial charge in [0.1, 0.15) is 11.5 Å². The monoisotopic (exact) mass is 353 g/mol. The van der Waals surface area contributed by atoms with Crippen LogP contribution in [0.3, 0.4) is 0 Å². The van der Waals surface area contributed by atoms with Gasteiger partial charge in [0, 0.05) is 30.9 Å². The zero-order chi connectivity index (χ0) is 18.4. The van der Waals surface area contributed by atoms with Gasteiger partial charge in [-0.3, -0.25) is 14.7 Å². The van der Waals surface area contributed by atoms with E-state index in [4.69, 9.17) is 9.47 Å². The first-order valence-corrected chi connectivity index (χ1v) is 8.53. The van der Waals surface area contributed by atoms with Crippen molar-refractivity contribution in [1.29, 1.82) is 0 Å². The first-order chi connectivity index (χ1) is 12.7. The molecule has 26 heavy (non-hydrogen) atoms. The maximum Gasteiger partial charge on any atom is 0.252 e. The third-order valence-corrected chi connectivity index (χ3v) is 4.36. The molecule has 2 aromatic rings. The fourth-order valence-electron chi connectivity index (χ4n) is 2.86. The number of rotatable bonds is 6. The highest BCUT2D eigenvalue weighted by Crippen LogP contribution is 2.23. The van der Waals surface area contributed by atoms with Crippen LogP contribution >= 0.6 is 0 Å². The Kier molecular flexibility index (Phi) is 5.86. The first kappa shape index (κ1) is 17.9. The van der Waals surface area contributed by atoms with Gasteiger partial charge in [-0.2, -0.15) is 0 Å². The molecule has 0 spiro atoms. The van der Waals surface area contributed by atoms with E-state index in [1.807, 2.05) is 24.4 Å². The van der Waals surface area contributed by atoms with E-state index in [1.54, 1.807) is 32.4 Å². The second-order valence-electron chi connectivity index (χ2n) is 6.04. The number of methoxy groups -OCH3 is 2. The average molecular weight is 353 g/mol. The number of aromatic nitrogens is 1. The Labute approximate surface area is 153 Å². The fraction of sp³-hybridized carbons (Fsp3) is 0.300. The molecular weight excluding hydrogens is 330 g/mol. The van der Waals surface area contributed by atoms with Crippen LogP contribution in [0.25, 0.3) is 5.57 Å². The standard InChI is InChI=1S/C20H23N3O3/c1-25-17-11-16(12-18(13-17)26-2)20(24)22-14-23-9-6-15(7-10-23)19-5-3-4-8-21-19/h3-6,8,11-13H,7,9-10,14H2,1-2H3,(H,22,24). The zero-order valence-corrected chi connectivity index (χ0v) is 15.1. The SMILES string of the molecule is COc1cc(OC)cc(C(=O)NCN2CC=C(c3ccccn3)CC2)c1. The normalized spacial score (nSPS) is 14.5. The first-order valence-electron chi connectivity index (χ1n) is 8.53. The van der Waals surface area contributed by atoms with E-state index < -0.39 is 0 Å². The van der Waals surface area contributed by atoms with Crippen molar-refractivity contribution in [2.75, 3.05) is 34.0 Å². The Morgan fingerprint density at radius 2 is 1.96 bits per heavy atom. The number of amides is 1. The third kappa shape index (κ3) is 4.40. The molecule has 0 bridgehead atoms. The summed E-state index contributed by atoms with van der Waals surface area (Å²) in [7, 11) is 3.13. The Bertz CT molecular complexity index is 768. The van der Waals surface area contributed by atoms with Crippen molar-refractivity contribution >= 4 is 11.5 Å². The number of pyridine rings is 1. The minimum absolute atomic E-state index is 0.151. The van der Waals surface area contributed by atoms with E-state index in [1.165, 1.54) is 5.57 Å². The van der Waals surface area contributed by atoms with Crippen molar-refractivity contribution in [3.8, 4) is 11.5 Å². The van der Waals surface area contributed by atoms with Crippen molar-refractivity contribution in [3.05, 3.63) is 59.9 Å². The van der Waals surface area contributed by atoms with E-state index >= 15 is 0 Å². The molecule has 136 valence electrons. The largest absolute Gasteiger partial charge is 0.497 e. The predicted octanol–water partition coefficient (Wildman–Crippen LogP) is 2.58. The molecule has 0 unspecified atom stereocenters. The third-order valence-electron chi connectivity index (χ3n) is 4.36. The lowest BCUT2D eigenvalue weighted by Gasteiger charge is -2.26. The molecule has 0 saturated carbocycles. The molecule has 1 N–H and O–H groups in total. The number of hydrogen-bond donors (Lipinski definition) is 1. The highest BCUT2D eigenvalue weighted by atomic mass is 16.5. The van der Waals surface area contributed by atoms with E-state index in [0.717, 1.165) is 25.2 Å². The molecule has 0 saturated heterocycles. The molecule has 3 rings (SSSR count). The molecule has 0 radical (unpaired) electrons. The van der Waals surface area contributed by atoms with Gasteiger partial charge < -0.3 is 14.8 Å². The summed E-state index contributed by atoms with van der Waals surface area (Å²) < 4.78 is 10.4. The van der Waals surface area contributed by atoms with Crippen LogP contribution < -0.4 is 14.8 Å². The van der Waals surface area contributed by atoms with E-state index in [0.29, 0.717) is 23.7 Å². The van der Waals surface area contributed by atoms with Crippen molar-refractivity contribution in [3.63, 3.8) is 0 Å². The maximum atomic E-state index is 12.4. The minimum Gasteiger partial charge on any atom is -0.497 e. The molecule has 1 aliphatic rings. The Morgan fingerprint density at radius 3 is 2.54 bits per heavy atom. The van der Waals surface area contributed by atoms with Crippen LogP contribution in [0, 0.1) is 0 Å². The van der Waals surface area contributed by atoms with Crippen molar-refractivity contribution in [2.24, 2.45) is 0 Å². The van der Waals surface area contributed by atoms with Crippen LogP contribution in [0.15, 0.2) is 48.7 Å². The zero-order valence-electron chi connectivity index (χ0n) is 15.1. The summed E-state index contributed by atoms with van der Waals surface area (Å²) in [6.45, 7) is 2.15. The smallest absolute Gasteiger partial charge is 0.252 e. The summed E-state index contributed by atoms with van der Waals surface area (Å²) in [5.41, 5.74) is 2.80. The van der Waals surface area contributed by atoms with Crippen molar-refractivity contribution in [2.45, 2.75) is 6.42 Å². The number of hydrogen-bond acceptors (Lipinski definition) is 5. The molecule has 1 aromatic carbocycles. The molecule has 1 aromatic heterocycles. The Hall–Kier alpha value is -2.86. The summed E-state index contributed by atoms with van der Waals surface area (Å²) in [4.78, 5) is 19.0. The summed E-state index contributed by atoms with van der Waals surface area (Å²) >= 11 is 0. The summed E-state index contributed by atoms with van der Waals surface area (Å²) in [6.07, 6.45) is 4.90. The topological polar surface area (TPSA) is 63.7 Å². The molecule has 2 heterocycles. The van der Waals surface area contributed by atoms with Crippen LogP contribution in [0.2, 0.25) is 0 Å². The number of nitrogens with one attached hydrogen (secondary N) is 1. The lowest BCUT2D eigenvalue weighted by Crippen LogP contribution is -2.39. The predicted molar refractivity (Wildman–Crippen MR) is 100 cm³/mol. The van der Waals surface area contributed by atoms with Gasteiger partial charge in [-0.25, -0.2) is 0 Å². The summed E-state index contributed by atoms with van der Waals surface area (Å²) in [6, 6.07) is 11.1.